The Kier molecular flexibility index (Phi) is 4.22. The average molecular weight is 326 g/mol. The lowest BCUT2D eigenvalue weighted by Gasteiger charge is -2.20. The van der Waals surface area contributed by atoms with Gasteiger partial charge in [0.2, 0.25) is 0 Å². The monoisotopic (exact) mass is 326 g/mol. The molecule has 0 aliphatic carbocycles. The van der Waals surface area contributed by atoms with Gasteiger partial charge in [-0.15, -0.1) is 0 Å². The zero-order valence-corrected chi connectivity index (χ0v) is 13.7. The SMILES string of the molecule is Cc1ccc(C)c2c1OCC(=O)NC2C(=O)Nc1ccc([NH3+])cc1. The van der Waals surface area contributed by atoms with E-state index in [4.69, 9.17) is 4.74 Å². The summed E-state index contributed by atoms with van der Waals surface area (Å²) in [7, 11) is 0. The number of rotatable bonds is 2. The molecular weight excluding hydrogens is 306 g/mol. The van der Waals surface area contributed by atoms with Gasteiger partial charge in [0.05, 0.1) is 0 Å². The summed E-state index contributed by atoms with van der Waals surface area (Å²) in [6.45, 7) is 3.70. The maximum atomic E-state index is 12.8. The van der Waals surface area contributed by atoms with Gasteiger partial charge in [-0.05, 0) is 37.1 Å². The molecule has 0 spiro atoms. The first-order chi connectivity index (χ1) is 11.5. The number of aryl methyl sites for hydroxylation is 2. The summed E-state index contributed by atoms with van der Waals surface area (Å²) in [5.41, 5.74) is 7.82. The van der Waals surface area contributed by atoms with Gasteiger partial charge >= 0.3 is 0 Å². The lowest BCUT2D eigenvalue weighted by Crippen LogP contribution is -2.40. The Bertz CT molecular complexity index is 800. The van der Waals surface area contributed by atoms with Crippen molar-refractivity contribution in [1.82, 2.24) is 5.32 Å². The van der Waals surface area contributed by atoms with E-state index in [-0.39, 0.29) is 18.4 Å². The first kappa shape index (κ1) is 16.0. The van der Waals surface area contributed by atoms with Crippen LogP contribution < -0.4 is 21.1 Å². The van der Waals surface area contributed by atoms with Crippen LogP contribution in [0.1, 0.15) is 22.7 Å². The Morgan fingerprint density at radius 2 is 1.83 bits per heavy atom. The molecule has 2 aromatic carbocycles. The molecule has 1 unspecified atom stereocenters. The van der Waals surface area contributed by atoms with E-state index in [0.717, 1.165) is 16.8 Å². The Morgan fingerprint density at radius 1 is 1.17 bits per heavy atom. The number of fused-ring (bicyclic) bond motifs is 1. The number of anilines is 1. The highest BCUT2D eigenvalue weighted by molar-refractivity contribution is 5.99. The predicted molar refractivity (Wildman–Crippen MR) is 89.9 cm³/mol. The van der Waals surface area contributed by atoms with Crippen LogP contribution in [0.25, 0.3) is 0 Å². The van der Waals surface area contributed by atoms with Gasteiger partial charge in [-0.1, -0.05) is 12.1 Å². The number of hydrogen-bond acceptors (Lipinski definition) is 3. The third-order valence-corrected chi connectivity index (χ3v) is 4.04. The van der Waals surface area contributed by atoms with E-state index < -0.39 is 6.04 Å². The summed E-state index contributed by atoms with van der Waals surface area (Å²) in [6.07, 6.45) is 0. The number of carbonyl (C=O) groups is 2. The van der Waals surface area contributed by atoms with Gasteiger partial charge in [-0.3, -0.25) is 9.59 Å². The predicted octanol–water partition coefficient (Wildman–Crippen LogP) is 1.37. The van der Waals surface area contributed by atoms with Crippen LogP contribution in [0.3, 0.4) is 0 Å². The van der Waals surface area contributed by atoms with Gasteiger partial charge in [-0.2, -0.15) is 0 Å². The standard InChI is InChI=1S/C18H19N3O3/c1-10-3-4-11(2)17-15(10)16(21-14(22)9-24-17)18(23)20-13-7-5-12(19)6-8-13/h3-8,16H,9,19H2,1-2H3,(H,20,23)(H,21,22)/p+1. The quantitative estimate of drug-likeness (QED) is 0.778. The van der Waals surface area contributed by atoms with Crippen LogP contribution in [0, 0.1) is 13.8 Å². The molecule has 124 valence electrons. The molecule has 0 saturated carbocycles. The molecule has 0 fully saturated rings. The zero-order valence-electron chi connectivity index (χ0n) is 13.7. The van der Waals surface area contributed by atoms with Crippen LogP contribution >= 0.6 is 0 Å². The smallest absolute Gasteiger partial charge is 0.258 e. The number of ether oxygens (including phenoxy) is 1. The van der Waals surface area contributed by atoms with E-state index in [9.17, 15) is 9.59 Å². The highest BCUT2D eigenvalue weighted by Crippen LogP contribution is 2.34. The molecule has 6 nitrogen and oxygen atoms in total. The molecule has 0 aromatic heterocycles. The van der Waals surface area contributed by atoms with Crippen molar-refractivity contribution in [3.05, 3.63) is 53.1 Å². The molecule has 6 heteroatoms. The molecule has 0 radical (unpaired) electrons. The highest BCUT2D eigenvalue weighted by atomic mass is 16.5. The second-order valence-corrected chi connectivity index (χ2v) is 5.92. The van der Waals surface area contributed by atoms with E-state index in [0.29, 0.717) is 17.0 Å². The van der Waals surface area contributed by atoms with Gasteiger partial charge < -0.3 is 21.1 Å². The summed E-state index contributed by atoms with van der Waals surface area (Å²) in [6, 6.07) is 10.2. The van der Waals surface area contributed by atoms with E-state index in [1.54, 1.807) is 12.1 Å². The molecule has 0 saturated heterocycles. The molecule has 2 amide bonds. The molecule has 5 N–H and O–H groups in total. The normalized spacial score (nSPS) is 16.5. The van der Waals surface area contributed by atoms with Crippen molar-refractivity contribution in [3.63, 3.8) is 0 Å². The number of carbonyl (C=O) groups excluding carboxylic acids is 2. The molecule has 1 atom stereocenters. The number of nitrogens with one attached hydrogen (secondary N) is 2. The van der Waals surface area contributed by atoms with E-state index in [1.807, 2.05) is 38.1 Å². The molecule has 0 bridgehead atoms. The topological polar surface area (TPSA) is 95.1 Å². The average Bonchev–Trinajstić information content (AvgIpc) is 2.73. The first-order valence-corrected chi connectivity index (χ1v) is 7.71. The Hall–Kier alpha value is -2.86. The summed E-state index contributed by atoms with van der Waals surface area (Å²) in [5, 5.41) is 5.58. The maximum absolute atomic E-state index is 12.8. The van der Waals surface area contributed by atoms with Crippen LogP contribution in [0.15, 0.2) is 36.4 Å². The van der Waals surface area contributed by atoms with Crippen molar-refractivity contribution >= 4 is 23.2 Å². The van der Waals surface area contributed by atoms with Gasteiger partial charge in [0, 0.05) is 23.4 Å². The van der Waals surface area contributed by atoms with E-state index in [1.165, 1.54) is 0 Å². The minimum Gasteiger partial charge on any atom is -0.483 e. The fourth-order valence-corrected chi connectivity index (χ4v) is 2.77. The Morgan fingerprint density at radius 3 is 2.54 bits per heavy atom. The van der Waals surface area contributed by atoms with Crippen molar-refractivity contribution < 1.29 is 20.1 Å². The minimum absolute atomic E-state index is 0.0999. The largest absolute Gasteiger partial charge is 0.483 e. The summed E-state index contributed by atoms with van der Waals surface area (Å²) < 4.78 is 5.62. The molecule has 1 aliphatic rings. The van der Waals surface area contributed by atoms with Crippen LogP contribution in [0.2, 0.25) is 0 Å². The fourth-order valence-electron chi connectivity index (χ4n) is 2.77. The summed E-state index contributed by atoms with van der Waals surface area (Å²) in [4.78, 5) is 24.7. The lowest BCUT2D eigenvalue weighted by atomic mass is 9.96. The number of hydrogen-bond donors (Lipinski definition) is 3. The summed E-state index contributed by atoms with van der Waals surface area (Å²) >= 11 is 0. The molecule has 2 aromatic rings. The van der Waals surface area contributed by atoms with Crippen molar-refractivity contribution in [2.75, 3.05) is 11.9 Å². The molecular formula is C18H20N3O3+. The Balaban J connectivity index is 1.97. The number of amides is 2. The molecule has 1 aliphatic heterocycles. The highest BCUT2D eigenvalue weighted by Gasteiger charge is 2.31. The summed E-state index contributed by atoms with van der Waals surface area (Å²) in [5.74, 6) is -0.0273. The minimum atomic E-state index is -0.797. The van der Waals surface area contributed by atoms with Gasteiger partial charge in [-0.25, -0.2) is 0 Å². The van der Waals surface area contributed by atoms with Crippen LogP contribution in [0.4, 0.5) is 11.4 Å². The van der Waals surface area contributed by atoms with Crippen molar-refractivity contribution in [2.45, 2.75) is 19.9 Å². The third kappa shape index (κ3) is 3.09. The van der Waals surface area contributed by atoms with Crippen LogP contribution in [-0.4, -0.2) is 18.4 Å². The molecule has 3 rings (SSSR count). The maximum Gasteiger partial charge on any atom is 0.258 e. The molecule has 24 heavy (non-hydrogen) atoms. The Labute approximate surface area is 140 Å². The second-order valence-electron chi connectivity index (χ2n) is 5.92. The van der Waals surface area contributed by atoms with Crippen molar-refractivity contribution in [3.8, 4) is 5.75 Å². The number of quaternary nitrogens is 1. The van der Waals surface area contributed by atoms with Gasteiger partial charge in [0.1, 0.15) is 17.5 Å². The zero-order chi connectivity index (χ0) is 17.3. The van der Waals surface area contributed by atoms with Crippen LogP contribution in [-0.2, 0) is 9.59 Å². The fraction of sp³-hybridized carbons (Fsp3) is 0.222. The van der Waals surface area contributed by atoms with Crippen molar-refractivity contribution in [2.24, 2.45) is 0 Å². The van der Waals surface area contributed by atoms with Gasteiger partial charge in [0.25, 0.3) is 11.8 Å². The van der Waals surface area contributed by atoms with Crippen LogP contribution in [0.5, 0.6) is 5.75 Å². The second kappa shape index (κ2) is 6.33. The first-order valence-electron chi connectivity index (χ1n) is 7.71. The van der Waals surface area contributed by atoms with E-state index in [2.05, 4.69) is 16.4 Å². The third-order valence-electron chi connectivity index (χ3n) is 4.04. The van der Waals surface area contributed by atoms with E-state index >= 15 is 0 Å². The van der Waals surface area contributed by atoms with Gasteiger partial charge in [0.15, 0.2) is 6.61 Å². The molecule has 1 heterocycles. The number of benzene rings is 2. The van der Waals surface area contributed by atoms with Crippen molar-refractivity contribution in [1.29, 1.82) is 0 Å². The lowest BCUT2D eigenvalue weighted by molar-refractivity contribution is -0.254.